The molecule has 0 aliphatic rings. The third kappa shape index (κ3) is 1.58. The van der Waals surface area contributed by atoms with Crippen LogP contribution in [0.15, 0.2) is 49.0 Å². The van der Waals surface area contributed by atoms with Crippen molar-refractivity contribution < 1.29 is 9.05 Å². The van der Waals surface area contributed by atoms with Crippen molar-refractivity contribution >= 4 is 5.69 Å². The molecule has 72 valence electrons. The van der Waals surface area contributed by atoms with E-state index in [-0.39, 0.29) is 0 Å². The standard InChI is InChI=1S/C8H6N2O4/c11-7-8(12)14-10(13-7)9-6-4-2-1-3-5-6/h1-5,9H. The van der Waals surface area contributed by atoms with Crippen molar-refractivity contribution in [2.45, 2.75) is 0 Å². The second-order valence-electron chi connectivity index (χ2n) is 2.49. The van der Waals surface area contributed by atoms with Crippen molar-refractivity contribution in [3.8, 4) is 0 Å². The predicted molar refractivity (Wildman–Crippen MR) is 47.0 cm³/mol. The second kappa shape index (κ2) is 3.25. The molecule has 0 aliphatic heterocycles. The molecule has 1 heterocycles. The Kier molecular flexibility index (Phi) is 1.94. The summed E-state index contributed by atoms with van der Waals surface area (Å²) in [5, 5.41) is 0.611. The van der Waals surface area contributed by atoms with Crippen LogP contribution in [0.5, 0.6) is 0 Å². The monoisotopic (exact) mass is 194 g/mol. The summed E-state index contributed by atoms with van der Waals surface area (Å²) in [6.07, 6.45) is 0. The highest BCUT2D eigenvalue weighted by Crippen LogP contribution is 2.03. The van der Waals surface area contributed by atoms with Gasteiger partial charge in [-0.2, -0.15) is 0 Å². The highest BCUT2D eigenvalue weighted by atomic mass is 16.8. The Balaban J connectivity index is 2.28. The van der Waals surface area contributed by atoms with E-state index in [1.54, 1.807) is 24.3 Å². The molecule has 6 nitrogen and oxygen atoms in total. The van der Waals surface area contributed by atoms with Gasteiger partial charge in [0.15, 0.2) is 0 Å². The van der Waals surface area contributed by atoms with Crippen LogP contribution in [0.25, 0.3) is 0 Å². The molecule has 0 spiro atoms. The molecule has 1 N–H and O–H groups in total. The van der Waals surface area contributed by atoms with Gasteiger partial charge in [-0.25, -0.2) is 15.0 Å². The van der Waals surface area contributed by atoms with Crippen molar-refractivity contribution in [2.75, 3.05) is 5.43 Å². The van der Waals surface area contributed by atoms with Crippen molar-refractivity contribution in [3.63, 3.8) is 0 Å². The highest BCUT2D eigenvalue weighted by molar-refractivity contribution is 5.40. The molecule has 6 heteroatoms. The Hall–Kier alpha value is -2.24. The summed E-state index contributed by atoms with van der Waals surface area (Å²) in [4.78, 5) is 21.2. The van der Waals surface area contributed by atoms with E-state index in [2.05, 4.69) is 14.5 Å². The molecule has 0 saturated heterocycles. The third-order valence-corrected chi connectivity index (χ3v) is 1.49. The largest absolute Gasteiger partial charge is 0.448 e. The third-order valence-electron chi connectivity index (χ3n) is 1.49. The summed E-state index contributed by atoms with van der Waals surface area (Å²) < 4.78 is 8.78. The number of nitrogens with zero attached hydrogens (tertiary/aromatic N) is 1. The fourth-order valence-electron chi connectivity index (χ4n) is 0.908. The lowest BCUT2D eigenvalue weighted by molar-refractivity contribution is 0.116. The highest BCUT2D eigenvalue weighted by Gasteiger charge is 2.03. The first kappa shape index (κ1) is 8.36. The van der Waals surface area contributed by atoms with Gasteiger partial charge >= 0.3 is 11.3 Å². The number of anilines is 1. The molecule has 0 radical (unpaired) electrons. The average molecular weight is 194 g/mol. The number of hydrogen-bond donors (Lipinski definition) is 1. The lowest BCUT2D eigenvalue weighted by Gasteiger charge is -1.99. The van der Waals surface area contributed by atoms with Crippen molar-refractivity contribution in [2.24, 2.45) is 0 Å². The van der Waals surface area contributed by atoms with Gasteiger partial charge in [-0.3, -0.25) is 9.05 Å². The molecule has 1 aromatic carbocycles. The lowest BCUT2D eigenvalue weighted by atomic mass is 10.3. The zero-order valence-electron chi connectivity index (χ0n) is 6.97. The number of rotatable bonds is 2. The number of aromatic nitrogens is 1. The normalized spacial score (nSPS) is 10.0. The van der Waals surface area contributed by atoms with E-state index in [0.717, 1.165) is 0 Å². The van der Waals surface area contributed by atoms with Crippen molar-refractivity contribution in [3.05, 3.63) is 51.2 Å². The van der Waals surface area contributed by atoms with E-state index in [4.69, 9.17) is 0 Å². The van der Waals surface area contributed by atoms with Gasteiger partial charge in [-0.15, -0.1) is 0 Å². The maximum absolute atomic E-state index is 10.6. The first-order chi connectivity index (χ1) is 6.75. The molecule has 0 amide bonds. The first-order valence-electron chi connectivity index (χ1n) is 3.82. The van der Waals surface area contributed by atoms with Gasteiger partial charge in [0.1, 0.15) is 0 Å². The summed E-state index contributed by atoms with van der Waals surface area (Å²) in [5.41, 5.74) is 1.09. The fraction of sp³-hybridized carbons (Fsp3) is 0. The number of hydrogen-bond acceptors (Lipinski definition) is 5. The number of nitrogens with one attached hydrogen (secondary N) is 1. The maximum Gasteiger partial charge on any atom is 0.448 e. The van der Waals surface area contributed by atoms with Gasteiger partial charge in [-0.1, -0.05) is 18.2 Å². The van der Waals surface area contributed by atoms with Gasteiger partial charge in [0.05, 0.1) is 10.7 Å². The topological polar surface area (TPSA) is 77.4 Å². The van der Waals surface area contributed by atoms with E-state index < -0.39 is 11.3 Å². The first-order valence-corrected chi connectivity index (χ1v) is 3.82. The smallest absolute Gasteiger partial charge is 0.278 e. The average Bonchev–Trinajstić information content (AvgIpc) is 2.47. The van der Waals surface area contributed by atoms with Crippen molar-refractivity contribution in [1.29, 1.82) is 0 Å². The number of benzene rings is 1. The predicted octanol–water partition coefficient (Wildman–Crippen LogP) is 0.270. The molecule has 2 rings (SSSR count). The molecule has 0 atom stereocenters. The molecule has 1 aromatic heterocycles. The summed E-state index contributed by atoms with van der Waals surface area (Å²) in [7, 11) is 0. The van der Waals surface area contributed by atoms with Crippen LogP contribution in [0.4, 0.5) is 5.69 Å². The van der Waals surface area contributed by atoms with Crippen LogP contribution in [-0.4, -0.2) is 5.02 Å². The Morgan fingerprint density at radius 1 is 1.00 bits per heavy atom. The Bertz CT molecular complexity index is 495. The molecule has 14 heavy (non-hydrogen) atoms. The van der Waals surface area contributed by atoms with E-state index in [9.17, 15) is 9.59 Å². The zero-order chi connectivity index (χ0) is 9.97. The molecule has 0 fully saturated rings. The van der Waals surface area contributed by atoms with E-state index in [1.807, 2.05) is 6.07 Å². The van der Waals surface area contributed by atoms with Gasteiger partial charge < -0.3 is 0 Å². The van der Waals surface area contributed by atoms with Crippen LogP contribution >= 0.6 is 0 Å². The molecular weight excluding hydrogens is 188 g/mol. The summed E-state index contributed by atoms with van der Waals surface area (Å²) in [6.45, 7) is 0. The summed E-state index contributed by atoms with van der Waals surface area (Å²) >= 11 is 0. The van der Waals surface area contributed by atoms with Crippen LogP contribution < -0.4 is 16.7 Å². The van der Waals surface area contributed by atoms with E-state index >= 15 is 0 Å². The van der Waals surface area contributed by atoms with Crippen LogP contribution in [-0.2, 0) is 0 Å². The zero-order valence-corrected chi connectivity index (χ0v) is 6.97. The molecular formula is C8H6N2O4. The molecule has 2 aromatic rings. The van der Waals surface area contributed by atoms with Crippen LogP contribution in [0.2, 0.25) is 0 Å². The molecule has 0 unspecified atom stereocenters. The van der Waals surface area contributed by atoms with Crippen LogP contribution in [0.1, 0.15) is 0 Å². The Morgan fingerprint density at radius 3 is 2.14 bits per heavy atom. The van der Waals surface area contributed by atoms with Gasteiger partial charge in [0, 0.05) is 0 Å². The minimum atomic E-state index is -1.05. The van der Waals surface area contributed by atoms with Crippen molar-refractivity contribution in [1.82, 2.24) is 5.02 Å². The van der Waals surface area contributed by atoms with Crippen LogP contribution in [0.3, 0.4) is 0 Å². The minimum Gasteiger partial charge on any atom is -0.278 e. The Morgan fingerprint density at radius 2 is 1.57 bits per heavy atom. The van der Waals surface area contributed by atoms with Gasteiger partial charge in [0.25, 0.3) is 0 Å². The quantitative estimate of drug-likeness (QED) is 0.694. The maximum atomic E-state index is 10.6. The minimum absolute atomic E-state index is 0.611. The lowest BCUT2D eigenvalue weighted by Crippen LogP contribution is -2.14. The number of para-hydroxylation sites is 1. The van der Waals surface area contributed by atoms with Crippen LogP contribution in [0, 0.1) is 0 Å². The Labute approximate surface area is 77.3 Å². The molecule has 0 bridgehead atoms. The van der Waals surface area contributed by atoms with E-state index in [1.165, 1.54) is 0 Å². The van der Waals surface area contributed by atoms with Gasteiger partial charge in [0.2, 0.25) is 0 Å². The van der Waals surface area contributed by atoms with E-state index in [0.29, 0.717) is 10.7 Å². The fourth-order valence-corrected chi connectivity index (χ4v) is 0.908. The molecule has 0 saturated carbocycles. The van der Waals surface area contributed by atoms with Gasteiger partial charge in [-0.05, 0) is 12.1 Å². The summed E-state index contributed by atoms with van der Waals surface area (Å²) in [5.74, 6) is 0. The second-order valence-corrected chi connectivity index (χ2v) is 2.49. The summed E-state index contributed by atoms with van der Waals surface area (Å²) in [6, 6.07) is 8.83. The molecule has 0 aliphatic carbocycles. The SMILES string of the molecule is O=c1on(Nc2ccccc2)oc1=O.